The maximum Gasteiger partial charge on any atom is 0.195 e. The Morgan fingerprint density at radius 1 is 1.22 bits per heavy atom. The largest absolute Gasteiger partial charge is 0.377 e. The second-order valence-corrected chi connectivity index (χ2v) is 9.16. The number of anilines is 1. The van der Waals surface area contributed by atoms with Crippen LogP contribution < -0.4 is 10.3 Å². The molecule has 0 radical (unpaired) electrons. The number of carbonyl (C=O) groups excluding carboxylic acids is 1. The summed E-state index contributed by atoms with van der Waals surface area (Å²) in [6.45, 7) is 19.8. The van der Waals surface area contributed by atoms with Crippen molar-refractivity contribution in [3.05, 3.63) is 66.8 Å². The fourth-order valence-corrected chi connectivity index (χ4v) is 3.60. The van der Waals surface area contributed by atoms with Crippen LogP contribution in [-0.2, 0) is 0 Å². The molecule has 3 rings (SSSR count). The fourth-order valence-electron chi connectivity index (χ4n) is 2.56. The van der Waals surface area contributed by atoms with E-state index in [0.717, 1.165) is 21.6 Å². The Bertz CT molecular complexity index is 1130. The minimum atomic E-state index is 0.0539. The number of hydrogen-bond donors (Lipinski definition) is 1. The molecule has 7 heteroatoms. The number of ketones is 1. The number of pyridine rings is 1. The van der Waals surface area contributed by atoms with Gasteiger partial charge in [0.15, 0.2) is 5.78 Å². The lowest BCUT2D eigenvalue weighted by Gasteiger charge is -2.16. The van der Waals surface area contributed by atoms with Gasteiger partial charge in [-0.3, -0.25) is 9.80 Å². The first-order valence-electron chi connectivity index (χ1n) is 12.2. The average molecular weight is 522 g/mol. The first kappa shape index (κ1) is 33.5. The van der Waals surface area contributed by atoms with E-state index in [-0.39, 0.29) is 12.3 Å². The summed E-state index contributed by atoms with van der Waals surface area (Å²) in [5, 5.41) is 2.67. The van der Waals surface area contributed by atoms with E-state index in [2.05, 4.69) is 54.2 Å². The molecule has 1 aliphatic heterocycles. The number of aliphatic imine (C=N–C) groups is 1. The summed E-state index contributed by atoms with van der Waals surface area (Å²) in [5.74, 6) is 5.98. The molecule has 3 heterocycles. The van der Waals surface area contributed by atoms with Crippen molar-refractivity contribution in [2.24, 2.45) is 10.9 Å². The van der Waals surface area contributed by atoms with Crippen molar-refractivity contribution in [3.63, 3.8) is 0 Å². The van der Waals surface area contributed by atoms with E-state index in [0.29, 0.717) is 17.3 Å². The predicted octanol–water partition coefficient (Wildman–Crippen LogP) is 7.21. The quantitative estimate of drug-likeness (QED) is 0.333. The third-order valence-corrected chi connectivity index (χ3v) is 5.75. The van der Waals surface area contributed by atoms with Crippen LogP contribution in [0, 0.1) is 17.8 Å². The molecule has 0 aliphatic carbocycles. The number of nitrogens with zero attached hydrogens (tertiary/aromatic N) is 4. The van der Waals surface area contributed by atoms with Crippen molar-refractivity contribution < 1.29 is 4.79 Å². The Kier molecular flexibility index (Phi) is 17.8. The first-order valence-corrected chi connectivity index (χ1v) is 13.0. The molecule has 1 aliphatic rings. The number of aromatic nitrogens is 1. The molecule has 0 aromatic carbocycles. The van der Waals surface area contributed by atoms with Crippen LogP contribution in [0.15, 0.2) is 66.9 Å². The minimum absolute atomic E-state index is 0.0539. The van der Waals surface area contributed by atoms with E-state index in [4.69, 9.17) is 0 Å². The van der Waals surface area contributed by atoms with Crippen molar-refractivity contribution in [2.45, 2.75) is 41.5 Å². The highest BCUT2D eigenvalue weighted by atomic mass is 32.1. The molecule has 0 saturated carbocycles. The van der Waals surface area contributed by atoms with Crippen molar-refractivity contribution >= 4 is 45.0 Å². The summed E-state index contributed by atoms with van der Waals surface area (Å²) in [6, 6.07) is 1.95. The van der Waals surface area contributed by atoms with Gasteiger partial charge in [-0.05, 0) is 45.8 Å². The number of fused-ring (bicyclic) bond motifs is 3. The van der Waals surface area contributed by atoms with Crippen LogP contribution in [0.25, 0.3) is 10.2 Å². The normalized spacial score (nSPS) is 11.8. The van der Waals surface area contributed by atoms with Gasteiger partial charge in [0.05, 0.1) is 23.3 Å². The molecular formula is C30H43N5OS. The molecule has 0 spiro atoms. The summed E-state index contributed by atoms with van der Waals surface area (Å²) < 4.78 is 0. The molecular weight excluding hydrogens is 478 g/mol. The highest BCUT2D eigenvalue weighted by Gasteiger charge is 2.25. The molecule has 200 valence electrons. The van der Waals surface area contributed by atoms with Gasteiger partial charge < -0.3 is 4.90 Å². The second-order valence-electron chi connectivity index (χ2n) is 8.16. The average Bonchev–Trinajstić information content (AvgIpc) is 3.20. The van der Waals surface area contributed by atoms with E-state index in [1.807, 2.05) is 76.2 Å². The molecule has 2 aromatic heterocycles. The number of Topliss-reactive ketones (excluding diaryl/α,β-unsaturated/α-hetero) is 1. The summed E-state index contributed by atoms with van der Waals surface area (Å²) in [5.41, 5.74) is 4.90. The molecule has 1 N–H and O–H groups in total. The van der Waals surface area contributed by atoms with Gasteiger partial charge >= 0.3 is 0 Å². The van der Waals surface area contributed by atoms with Crippen molar-refractivity contribution in [1.29, 1.82) is 0 Å². The summed E-state index contributed by atoms with van der Waals surface area (Å²) in [4.78, 5) is 25.1. The van der Waals surface area contributed by atoms with E-state index in [9.17, 15) is 4.79 Å². The summed E-state index contributed by atoms with van der Waals surface area (Å²) in [7, 11) is 3.96. The lowest BCUT2D eigenvalue weighted by molar-refractivity contribution is 0.0956. The van der Waals surface area contributed by atoms with Crippen LogP contribution in [-0.4, -0.2) is 49.3 Å². The molecule has 2 aromatic rings. The van der Waals surface area contributed by atoms with Gasteiger partial charge in [0.25, 0.3) is 0 Å². The number of hydrazine groups is 1. The standard InChI is InChI=1S/C16H19N5OS.C5H10.C5H6.C4H8/c1-4-5-7-19-21-9-12(22)15-14(18-10-21)13-11(20(2)3)6-8-17-16(13)23-15;1-4-5(2)3;1-3-5-4-2;1-3-4-2/h4-6,8,10,19H,7,9H2,1-3H3;4-5H,1H2,2-3H3;3H,1H2,2H3;3-4H,1-2H3/b5-4-;;;4-3-. The lowest BCUT2D eigenvalue weighted by Crippen LogP contribution is -2.39. The fraction of sp³-hybridized carbons (Fsp3) is 0.367. The maximum absolute atomic E-state index is 12.6. The van der Waals surface area contributed by atoms with Gasteiger partial charge in [0, 0.05) is 26.8 Å². The van der Waals surface area contributed by atoms with Crippen LogP contribution in [0.3, 0.4) is 0 Å². The lowest BCUT2D eigenvalue weighted by atomic mass is 10.2. The zero-order valence-corrected chi connectivity index (χ0v) is 24.5. The number of carbonyl (C=O) groups is 1. The van der Waals surface area contributed by atoms with Crippen LogP contribution >= 0.6 is 11.3 Å². The van der Waals surface area contributed by atoms with Crippen molar-refractivity contribution in [2.75, 3.05) is 32.1 Å². The van der Waals surface area contributed by atoms with Gasteiger partial charge in [-0.2, -0.15) is 0 Å². The number of allylic oxidation sites excluding steroid dienone is 5. The third kappa shape index (κ3) is 12.4. The molecule has 37 heavy (non-hydrogen) atoms. The van der Waals surface area contributed by atoms with Crippen molar-refractivity contribution in [1.82, 2.24) is 15.4 Å². The third-order valence-electron chi connectivity index (χ3n) is 4.62. The number of rotatable bonds is 5. The smallest absolute Gasteiger partial charge is 0.195 e. The van der Waals surface area contributed by atoms with E-state index in [1.54, 1.807) is 30.5 Å². The summed E-state index contributed by atoms with van der Waals surface area (Å²) in [6.07, 6.45) is 14.9. The molecule has 6 nitrogen and oxygen atoms in total. The molecule has 0 saturated heterocycles. The topological polar surface area (TPSA) is 60.8 Å². The van der Waals surface area contributed by atoms with Gasteiger partial charge in [-0.15, -0.1) is 23.8 Å². The van der Waals surface area contributed by atoms with E-state index in [1.165, 1.54) is 11.3 Å². The Hall–Kier alpha value is -3.47. The Balaban J connectivity index is 0.000000766. The number of nitrogens with one attached hydrogen (secondary N) is 1. The van der Waals surface area contributed by atoms with E-state index < -0.39 is 0 Å². The van der Waals surface area contributed by atoms with Gasteiger partial charge in [-0.1, -0.05) is 56.7 Å². The van der Waals surface area contributed by atoms with Gasteiger partial charge in [0.2, 0.25) is 0 Å². The monoisotopic (exact) mass is 521 g/mol. The predicted molar refractivity (Wildman–Crippen MR) is 165 cm³/mol. The molecule has 0 fully saturated rings. The van der Waals surface area contributed by atoms with Crippen molar-refractivity contribution in [3.8, 4) is 11.8 Å². The summed E-state index contributed by atoms with van der Waals surface area (Å²) >= 11 is 1.41. The maximum atomic E-state index is 12.6. The van der Waals surface area contributed by atoms with Crippen LogP contribution in [0.5, 0.6) is 0 Å². The van der Waals surface area contributed by atoms with Gasteiger partial charge in [-0.25, -0.2) is 15.4 Å². The highest BCUT2D eigenvalue weighted by Crippen LogP contribution is 2.42. The zero-order valence-electron chi connectivity index (χ0n) is 23.7. The van der Waals surface area contributed by atoms with Crippen LogP contribution in [0.1, 0.15) is 51.2 Å². The van der Waals surface area contributed by atoms with E-state index >= 15 is 0 Å². The Labute approximate surface area is 228 Å². The second kappa shape index (κ2) is 19.7. The molecule has 0 atom stereocenters. The first-order chi connectivity index (χ1) is 17.7. The molecule has 0 bridgehead atoms. The Morgan fingerprint density at radius 2 is 1.86 bits per heavy atom. The Morgan fingerprint density at radius 3 is 2.32 bits per heavy atom. The minimum Gasteiger partial charge on any atom is -0.377 e. The molecule has 0 unspecified atom stereocenters. The van der Waals surface area contributed by atoms with Crippen LogP contribution in [0.2, 0.25) is 0 Å². The zero-order chi connectivity index (χ0) is 28.2. The van der Waals surface area contributed by atoms with Crippen LogP contribution in [0.4, 0.5) is 11.4 Å². The van der Waals surface area contributed by atoms with Gasteiger partial charge in [0.1, 0.15) is 16.0 Å². The SMILES string of the molecule is C/C=C\C.C/C=C\CNN1C=Nc2c(sc3nccc(N(C)C)c23)C(=O)C1.C=CC#CC.C=CC(C)C. The number of hydrogen-bond acceptors (Lipinski definition) is 7. The molecule has 0 amide bonds. The highest BCUT2D eigenvalue weighted by molar-refractivity contribution is 7.21. The number of thiophene rings is 1.